The number of rotatable bonds is 21. The summed E-state index contributed by atoms with van der Waals surface area (Å²) in [4.78, 5) is 238. The number of carbonyl (C=O) groups excluding carboxylic acids is 14. The van der Waals surface area contributed by atoms with Crippen molar-refractivity contribution in [2.45, 2.75) is 195 Å². The second-order valence-corrected chi connectivity index (χ2v) is 33.1. The smallest absolute Gasteiger partial charge is 0.305 e. The van der Waals surface area contributed by atoms with Crippen molar-refractivity contribution in [1.82, 2.24) is 98.8 Å². The predicted octanol–water partition coefficient (Wildman–Crippen LogP) is -3.23. The normalized spacial score (nSPS) is 25.4. The van der Waals surface area contributed by atoms with Crippen LogP contribution in [0, 0.1) is 16.7 Å². The number of nitrogens with one attached hydrogen (secondary N) is 17. The lowest BCUT2D eigenvalue weighted by Crippen LogP contribution is -2.63. The van der Waals surface area contributed by atoms with Gasteiger partial charge in [-0.25, -0.2) is 4.98 Å². The van der Waals surface area contributed by atoms with E-state index in [0.717, 1.165) is 33.4 Å². The molecule has 9 rings (SSSR count). The molecule has 0 radical (unpaired) electrons. The highest BCUT2D eigenvalue weighted by molar-refractivity contribution is 8.76. The fourth-order valence-corrected chi connectivity index (χ4v) is 17.1. The van der Waals surface area contributed by atoms with Gasteiger partial charge in [0, 0.05) is 99.4 Å². The molecule has 0 spiro atoms. The molecule has 658 valence electrons. The van der Waals surface area contributed by atoms with E-state index >= 15 is 47.9 Å². The van der Waals surface area contributed by atoms with E-state index < -0.39 is 216 Å². The Morgan fingerprint density at radius 1 is 0.549 bits per heavy atom. The first-order valence-corrected chi connectivity index (χ1v) is 42.9. The first-order valence-electron chi connectivity index (χ1n) is 40.5. The van der Waals surface area contributed by atoms with E-state index in [1.807, 2.05) is 12.1 Å². The Balaban J connectivity index is 1.18. The van der Waals surface area contributed by atoms with Crippen LogP contribution in [0.1, 0.15) is 107 Å². The van der Waals surface area contributed by atoms with Crippen molar-refractivity contribution in [3.8, 4) is 0 Å². The molecule has 15 atom stereocenters. The van der Waals surface area contributed by atoms with E-state index in [9.17, 15) is 34.2 Å². The molecule has 4 saturated heterocycles. The molecule has 4 aliphatic rings. The third-order valence-corrected chi connectivity index (χ3v) is 24.1. The second kappa shape index (κ2) is 45.3. The fraction of sp³-hybridized carbons (Fsp3) is 0.500. The molecule has 5 aromatic rings. The number of carboxylic acid groups (broad SMARTS) is 1. The summed E-state index contributed by atoms with van der Waals surface area (Å²) >= 11 is 0. The SMILES string of the molecule is CC[C@H](C)[C@@H]1NC(=O)[C@@H]2CCCN2C(=O)[C@H](Cc2c[nH]c3ccccc23)NC(=O)[C@H](CCCNC(=N)N)NC(=O)[C@@H](Cc2ccccc2)NC(=O)[C@H](Cc2cnc[nH]2)N(C)C(=O)[C@H]([C@@H](C)O)NC(=O)[C@@H]2CSSC[C@H](NC1=O)C(=O)N[C@@H](Cc1ccccc1)C(=O)N1CCC[C@H]1C(=O)N[C@@H](CC(=O)O)C(=O)NCC(=O)N[C@@H](CCCNC(=N)N)C(=O)N2. The van der Waals surface area contributed by atoms with Crippen LogP contribution in [0.2, 0.25) is 0 Å². The molecular weight excluding hydrogens is 1620 g/mol. The Morgan fingerprint density at radius 2 is 1.04 bits per heavy atom. The van der Waals surface area contributed by atoms with Crippen LogP contribution < -0.4 is 80.6 Å². The summed E-state index contributed by atoms with van der Waals surface area (Å²) < 4.78 is 0. The van der Waals surface area contributed by atoms with Crippen LogP contribution in [0.3, 0.4) is 0 Å². The standard InChI is InChI=1S/C80H109N23O17S2/c1-5-43(2)64-75(117)98-57-40-121-122-41-58(97-67(109)51(24-14-28-86-79(81)82)91-62(105)39-89-66(108)54(36-63(106)107)94-72(114)59-26-16-30-102(59)76(118)55(95-70(57)112)33-46-20-10-7-11-21-46)71(113)100-65(44(3)104)78(120)101(4)61(35-48-38-85-42-90-48)74(116)93-53(32-45-18-8-6-9-19-45)69(111)92-52(25-15-29-87-80(83)84)68(110)96-56(34-47-37-88-50-23-13-12-22-49(47)50)77(119)103-31-17-27-60(103)73(115)99-64/h6-13,18-23,37-38,42-44,51-61,64-65,88,104H,5,14-17,24-36,39-41H2,1-4H3,(H,85,90)(H,89,108)(H,91,105)(H,92,111)(H,93,116)(H,94,114)(H,95,112)(H,96,110)(H,97,109)(H,98,117)(H,99,115)(H,100,113)(H,106,107)(H4,81,82,86)(H4,83,84,87)/t43-,44+,51-,52-,53+,54-,55-,56-,57-,58-,59-,60-,61-,64-,65-/m0/s1. The molecule has 0 saturated carbocycles. The molecular formula is C80H109N23O17S2. The summed E-state index contributed by atoms with van der Waals surface area (Å²) in [5, 5.41) is 72.6. The summed E-state index contributed by atoms with van der Waals surface area (Å²) in [5.74, 6) is -17.8. The minimum atomic E-state index is -1.99. The monoisotopic (exact) mass is 1730 g/mol. The van der Waals surface area contributed by atoms with Gasteiger partial charge in [-0.15, -0.1) is 0 Å². The van der Waals surface area contributed by atoms with Crippen LogP contribution in [0.4, 0.5) is 0 Å². The van der Waals surface area contributed by atoms with Gasteiger partial charge in [-0.3, -0.25) is 82.7 Å². The number of nitrogens with zero attached hydrogens (tertiary/aromatic N) is 4. The number of amides is 14. The number of aliphatic hydroxyl groups excluding tert-OH is 1. The largest absolute Gasteiger partial charge is 0.481 e. The fourth-order valence-electron chi connectivity index (χ4n) is 14.8. The Hall–Kier alpha value is -12.3. The van der Waals surface area contributed by atoms with Gasteiger partial charge >= 0.3 is 5.97 Å². The van der Waals surface area contributed by atoms with Gasteiger partial charge in [0.25, 0.3) is 0 Å². The average Bonchev–Trinajstić information content (AvgIpc) is 1.72. The highest BCUT2D eigenvalue weighted by Crippen LogP contribution is 2.28. The number of imidazole rings is 1. The highest BCUT2D eigenvalue weighted by Gasteiger charge is 2.45. The number of para-hydroxylation sites is 1. The number of fused-ring (bicyclic) bond motifs is 8. The quantitative estimate of drug-likeness (QED) is 0.0149. The molecule has 40 nitrogen and oxygen atoms in total. The van der Waals surface area contributed by atoms with Crippen LogP contribution in [0.25, 0.3) is 10.9 Å². The van der Waals surface area contributed by atoms with E-state index in [-0.39, 0.29) is 115 Å². The molecule has 23 N–H and O–H groups in total. The van der Waals surface area contributed by atoms with E-state index in [1.54, 1.807) is 92.8 Å². The number of aromatic amines is 2. The van der Waals surface area contributed by atoms with Crippen molar-refractivity contribution in [1.29, 1.82) is 10.8 Å². The Labute approximate surface area is 711 Å². The van der Waals surface area contributed by atoms with Gasteiger partial charge < -0.3 is 115 Å². The Bertz CT molecular complexity index is 4560. The van der Waals surface area contributed by atoms with Crippen molar-refractivity contribution in [3.05, 3.63) is 126 Å². The number of carbonyl (C=O) groups is 15. The van der Waals surface area contributed by atoms with Crippen LogP contribution in [-0.2, 0) is 97.6 Å². The summed E-state index contributed by atoms with van der Waals surface area (Å²) in [6.45, 7) is 3.49. The first-order chi connectivity index (χ1) is 58.4. The van der Waals surface area contributed by atoms with Gasteiger partial charge in [0.15, 0.2) is 11.9 Å². The maximum Gasteiger partial charge on any atom is 0.305 e. The minimum absolute atomic E-state index is 0.00150. The number of aromatic nitrogens is 3. The number of nitrogens with two attached hydrogens (primary N) is 2. The van der Waals surface area contributed by atoms with E-state index in [4.69, 9.17) is 22.3 Å². The van der Waals surface area contributed by atoms with E-state index in [0.29, 0.717) is 27.6 Å². The van der Waals surface area contributed by atoms with Crippen LogP contribution in [-0.4, -0.2) is 276 Å². The number of H-pyrrole nitrogens is 2. The van der Waals surface area contributed by atoms with E-state index in [1.165, 1.54) is 29.4 Å². The summed E-state index contributed by atoms with van der Waals surface area (Å²) in [6, 6.07) is 3.16. The van der Waals surface area contributed by atoms with Crippen LogP contribution in [0.15, 0.2) is 104 Å². The molecule has 14 amide bonds. The first kappa shape index (κ1) is 93.5. The molecule has 2 aromatic heterocycles. The molecule has 42 heteroatoms. The zero-order valence-corrected chi connectivity index (χ0v) is 69.7. The number of likely N-dealkylation sites (N-methyl/N-ethyl adjacent to an activating group) is 1. The van der Waals surface area contributed by atoms with Crippen molar-refractivity contribution < 1.29 is 82.1 Å². The van der Waals surface area contributed by atoms with Crippen LogP contribution in [0.5, 0.6) is 0 Å². The number of hydrogen-bond acceptors (Lipinski definition) is 21. The van der Waals surface area contributed by atoms with Gasteiger partial charge in [0.05, 0.1) is 25.4 Å². The number of carboxylic acids is 1. The average molecular weight is 1730 g/mol. The molecule has 4 aliphatic heterocycles. The summed E-state index contributed by atoms with van der Waals surface area (Å²) in [6.07, 6.45) is 0.857. The second-order valence-electron chi connectivity index (χ2n) is 30.6. The lowest BCUT2D eigenvalue weighted by atomic mass is 9.97. The van der Waals surface area contributed by atoms with Gasteiger partial charge in [-0.2, -0.15) is 0 Å². The molecule has 3 aromatic carbocycles. The number of benzene rings is 3. The van der Waals surface area contributed by atoms with Crippen molar-refractivity contribution in [2.75, 3.05) is 51.3 Å². The number of aliphatic hydroxyl groups is 1. The van der Waals surface area contributed by atoms with Crippen molar-refractivity contribution >= 4 is 133 Å². The zero-order chi connectivity index (χ0) is 88.3. The Morgan fingerprint density at radius 3 is 1.61 bits per heavy atom. The van der Waals surface area contributed by atoms with Crippen molar-refractivity contribution in [2.24, 2.45) is 17.4 Å². The van der Waals surface area contributed by atoms with Crippen molar-refractivity contribution in [3.63, 3.8) is 0 Å². The molecule has 2 bridgehead atoms. The number of aliphatic carboxylic acids is 1. The maximum atomic E-state index is 15.7. The topological polar surface area (TPSA) is 607 Å². The van der Waals surface area contributed by atoms with Gasteiger partial charge in [0.1, 0.15) is 78.5 Å². The van der Waals surface area contributed by atoms with Crippen LogP contribution >= 0.6 is 21.6 Å². The zero-order valence-electron chi connectivity index (χ0n) is 68.1. The number of hydrogen-bond donors (Lipinski definition) is 21. The third kappa shape index (κ3) is 26.6. The third-order valence-electron chi connectivity index (χ3n) is 21.6. The minimum Gasteiger partial charge on any atom is -0.481 e. The molecule has 4 fully saturated rings. The maximum absolute atomic E-state index is 15.7. The molecule has 6 heterocycles. The van der Waals surface area contributed by atoms with E-state index in [2.05, 4.69) is 84.1 Å². The predicted molar refractivity (Wildman–Crippen MR) is 450 cm³/mol. The van der Waals surface area contributed by atoms with Gasteiger partial charge in [-0.05, 0) is 87.0 Å². The van der Waals surface area contributed by atoms with Gasteiger partial charge in [0.2, 0.25) is 82.7 Å². The Kier molecular flexibility index (Phi) is 34.8. The molecule has 122 heavy (non-hydrogen) atoms. The van der Waals surface area contributed by atoms with Gasteiger partial charge in [-0.1, -0.05) is 121 Å². The summed E-state index contributed by atoms with van der Waals surface area (Å²) in [7, 11) is 2.87. The summed E-state index contributed by atoms with van der Waals surface area (Å²) in [5.41, 5.74) is 13.8. The number of guanidine groups is 2. The highest BCUT2D eigenvalue weighted by atomic mass is 33.1. The lowest BCUT2D eigenvalue weighted by molar-refractivity contribution is -0.145. The lowest BCUT2D eigenvalue weighted by Gasteiger charge is -2.33. The molecule has 0 unspecified atom stereocenters. The molecule has 0 aliphatic carbocycles.